The molecule has 28 heavy (non-hydrogen) atoms. The number of ether oxygens (including phenoxy) is 1. The molecule has 3 N–H and O–H groups in total. The lowest BCUT2D eigenvalue weighted by Crippen LogP contribution is -2.11. The molecular formula is C21H16ClN3O2S. The Morgan fingerprint density at radius 2 is 1.93 bits per heavy atom. The van der Waals surface area contributed by atoms with Crippen molar-refractivity contribution in [1.82, 2.24) is 4.98 Å². The first-order chi connectivity index (χ1) is 13.5. The molecule has 140 valence electrons. The van der Waals surface area contributed by atoms with Crippen LogP contribution in [-0.2, 0) is 0 Å². The molecular weight excluding hydrogens is 394 g/mol. The maximum absolute atomic E-state index is 12.7. The summed E-state index contributed by atoms with van der Waals surface area (Å²) >= 11 is 7.24. The van der Waals surface area contributed by atoms with Gasteiger partial charge in [0.1, 0.15) is 15.5 Å². The molecule has 0 saturated heterocycles. The first kappa shape index (κ1) is 18.3. The van der Waals surface area contributed by atoms with Gasteiger partial charge in [0.05, 0.1) is 18.5 Å². The van der Waals surface area contributed by atoms with Crippen molar-refractivity contribution in [3.63, 3.8) is 0 Å². The summed E-state index contributed by atoms with van der Waals surface area (Å²) in [6, 6.07) is 18.4. The van der Waals surface area contributed by atoms with Crippen LogP contribution in [0.2, 0.25) is 5.02 Å². The number of nitrogens with two attached hydrogens (primary N) is 1. The van der Waals surface area contributed by atoms with Gasteiger partial charge >= 0.3 is 0 Å². The van der Waals surface area contributed by atoms with Crippen LogP contribution >= 0.6 is 22.9 Å². The zero-order chi connectivity index (χ0) is 19.7. The number of methoxy groups -OCH3 is 1. The van der Waals surface area contributed by atoms with E-state index in [1.165, 1.54) is 11.3 Å². The molecule has 4 rings (SSSR count). The molecule has 0 atom stereocenters. The Bertz CT molecular complexity index is 1170. The highest BCUT2D eigenvalue weighted by Crippen LogP contribution is 2.35. The van der Waals surface area contributed by atoms with Crippen LogP contribution in [0.15, 0.2) is 60.7 Å². The van der Waals surface area contributed by atoms with E-state index in [0.29, 0.717) is 26.1 Å². The second-order valence-electron chi connectivity index (χ2n) is 6.09. The number of anilines is 2. The van der Waals surface area contributed by atoms with Crippen molar-refractivity contribution in [1.29, 1.82) is 0 Å². The molecule has 0 aliphatic carbocycles. The molecule has 0 aliphatic heterocycles. The van der Waals surface area contributed by atoms with Crippen molar-refractivity contribution in [2.45, 2.75) is 0 Å². The molecule has 0 fully saturated rings. The lowest BCUT2D eigenvalue weighted by atomic mass is 10.1. The second-order valence-corrected chi connectivity index (χ2v) is 7.52. The van der Waals surface area contributed by atoms with Gasteiger partial charge in [0.2, 0.25) is 0 Å². The van der Waals surface area contributed by atoms with Gasteiger partial charge in [-0.1, -0.05) is 17.7 Å². The SMILES string of the molecule is COc1ccc(-c2ccc3c(N)c(C(=O)Nc4cccc(Cl)c4)sc3n2)cc1. The van der Waals surface area contributed by atoms with Crippen molar-refractivity contribution < 1.29 is 9.53 Å². The van der Waals surface area contributed by atoms with E-state index in [1.54, 1.807) is 31.4 Å². The Hall–Kier alpha value is -3.09. The summed E-state index contributed by atoms with van der Waals surface area (Å²) in [6.45, 7) is 0. The Morgan fingerprint density at radius 1 is 1.14 bits per heavy atom. The van der Waals surface area contributed by atoms with Crippen LogP contribution in [0.25, 0.3) is 21.5 Å². The van der Waals surface area contributed by atoms with Crippen LogP contribution in [0.5, 0.6) is 5.75 Å². The van der Waals surface area contributed by atoms with Crippen molar-refractivity contribution >= 4 is 50.4 Å². The number of carbonyl (C=O) groups is 1. The van der Waals surface area contributed by atoms with Gasteiger partial charge in [0.25, 0.3) is 5.91 Å². The van der Waals surface area contributed by atoms with E-state index < -0.39 is 0 Å². The molecule has 0 radical (unpaired) electrons. The van der Waals surface area contributed by atoms with Crippen molar-refractivity contribution in [3.05, 3.63) is 70.6 Å². The van der Waals surface area contributed by atoms with Gasteiger partial charge in [-0.2, -0.15) is 0 Å². The fraction of sp³-hybridized carbons (Fsp3) is 0.0476. The topological polar surface area (TPSA) is 77.2 Å². The summed E-state index contributed by atoms with van der Waals surface area (Å²) in [7, 11) is 1.63. The number of nitrogens with one attached hydrogen (secondary N) is 1. The number of hydrogen-bond donors (Lipinski definition) is 2. The monoisotopic (exact) mass is 409 g/mol. The molecule has 2 aromatic carbocycles. The van der Waals surface area contributed by atoms with Crippen LogP contribution < -0.4 is 15.8 Å². The number of fused-ring (bicyclic) bond motifs is 1. The molecule has 0 saturated carbocycles. The number of halogens is 1. The van der Waals surface area contributed by atoms with Gasteiger partial charge < -0.3 is 15.8 Å². The Labute approximate surface area is 170 Å². The summed E-state index contributed by atoms with van der Waals surface area (Å²) in [5.41, 5.74) is 9.02. The standard InChI is InChI=1S/C21H16ClN3O2S/c1-27-15-7-5-12(6-8-15)17-10-9-16-18(23)19(28-21(16)25-17)20(26)24-14-4-2-3-13(22)11-14/h2-11H,23H2,1H3,(H,24,26). The van der Waals surface area contributed by atoms with Crippen molar-refractivity contribution in [2.75, 3.05) is 18.2 Å². The van der Waals surface area contributed by atoms with E-state index in [9.17, 15) is 4.79 Å². The zero-order valence-corrected chi connectivity index (χ0v) is 16.5. The minimum Gasteiger partial charge on any atom is -0.497 e. The first-order valence-corrected chi connectivity index (χ1v) is 9.65. The predicted molar refractivity (Wildman–Crippen MR) is 115 cm³/mol. The van der Waals surface area contributed by atoms with Gasteiger partial charge in [0, 0.05) is 21.7 Å². The summed E-state index contributed by atoms with van der Waals surface area (Å²) < 4.78 is 5.19. The summed E-state index contributed by atoms with van der Waals surface area (Å²) in [6.07, 6.45) is 0. The van der Waals surface area contributed by atoms with Crippen molar-refractivity contribution in [3.8, 4) is 17.0 Å². The third-order valence-corrected chi connectivity index (χ3v) is 5.62. The molecule has 1 amide bonds. The number of nitrogens with zero attached hydrogens (tertiary/aromatic N) is 1. The highest BCUT2D eigenvalue weighted by atomic mass is 35.5. The third-order valence-electron chi connectivity index (χ3n) is 4.27. The second kappa shape index (κ2) is 7.50. The van der Waals surface area contributed by atoms with Crippen LogP contribution in [0.4, 0.5) is 11.4 Å². The largest absolute Gasteiger partial charge is 0.497 e. The van der Waals surface area contributed by atoms with E-state index in [2.05, 4.69) is 10.3 Å². The number of hydrogen-bond acceptors (Lipinski definition) is 5. The Kier molecular flexibility index (Phi) is 4.90. The molecule has 0 spiro atoms. The number of aromatic nitrogens is 1. The molecule has 0 aliphatic rings. The molecule has 5 nitrogen and oxygen atoms in total. The van der Waals surface area contributed by atoms with Crippen LogP contribution in [0.3, 0.4) is 0 Å². The number of thiophene rings is 1. The number of benzene rings is 2. The minimum atomic E-state index is -0.284. The predicted octanol–water partition coefficient (Wildman–Crippen LogP) is 5.46. The smallest absolute Gasteiger partial charge is 0.267 e. The number of amides is 1. The van der Waals surface area contributed by atoms with Gasteiger partial charge in [-0.3, -0.25) is 4.79 Å². The van der Waals surface area contributed by atoms with E-state index in [1.807, 2.05) is 36.4 Å². The maximum atomic E-state index is 12.7. The van der Waals surface area contributed by atoms with E-state index in [-0.39, 0.29) is 5.91 Å². The van der Waals surface area contributed by atoms with Crippen LogP contribution in [-0.4, -0.2) is 18.0 Å². The van der Waals surface area contributed by atoms with Gasteiger partial charge in [-0.15, -0.1) is 11.3 Å². The molecule has 0 unspecified atom stereocenters. The quantitative estimate of drug-likeness (QED) is 0.469. The average molecular weight is 410 g/mol. The number of pyridine rings is 1. The van der Waals surface area contributed by atoms with E-state index in [0.717, 1.165) is 22.4 Å². The minimum absolute atomic E-state index is 0.284. The number of carbonyl (C=O) groups excluding carboxylic acids is 1. The maximum Gasteiger partial charge on any atom is 0.267 e. The van der Waals surface area contributed by atoms with Crippen LogP contribution in [0, 0.1) is 0 Å². The fourth-order valence-electron chi connectivity index (χ4n) is 2.84. The summed E-state index contributed by atoms with van der Waals surface area (Å²) in [5.74, 6) is 0.499. The number of nitrogen functional groups attached to an aromatic ring is 1. The van der Waals surface area contributed by atoms with E-state index in [4.69, 9.17) is 22.1 Å². The van der Waals surface area contributed by atoms with Gasteiger partial charge in [-0.05, 0) is 54.6 Å². The summed E-state index contributed by atoms with van der Waals surface area (Å²) in [4.78, 5) is 18.5. The first-order valence-electron chi connectivity index (χ1n) is 8.45. The molecule has 4 aromatic rings. The lowest BCUT2D eigenvalue weighted by molar-refractivity contribution is 0.103. The lowest BCUT2D eigenvalue weighted by Gasteiger charge is -2.04. The fourth-order valence-corrected chi connectivity index (χ4v) is 4.02. The highest BCUT2D eigenvalue weighted by molar-refractivity contribution is 7.21. The highest BCUT2D eigenvalue weighted by Gasteiger charge is 2.18. The molecule has 0 bridgehead atoms. The average Bonchev–Trinajstić information content (AvgIpc) is 3.04. The van der Waals surface area contributed by atoms with Crippen molar-refractivity contribution in [2.24, 2.45) is 0 Å². The van der Waals surface area contributed by atoms with Gasteiger partial charge in [-0.25, -0.2) is 4.98 Å². The Morgan fingerprint density at radius 3 is 2.64 bits per heavy atom. The molecule has 2 heterocycles. The third kappa shape index (κ3) is 3.52. The number of rotatable bonds is 4. The normalized spacial score (nSPS) is 10.8. The summed E-state index contributed by atoms with van der Waals surface area (Å²) in [5, 5.41) is 4.14. The van der Waals surface area contributed by atoms with E-state index >= 15 is 0 Å². The van der Waals surface area contributed by atoms with Gasteiger partial charge in [0.15, 0.2) is 0 Å². The molecule has 7 heteroatoms. The van der Waals surface area contributed by atoms with Crippen LogP contribution in [0.1, 0.15) is 9.67 Å². The molecule has 2 aromatic heterocycles. The zero-order valence-electron chi connectivity index (χ0n) is 14.9. The Balaban J connectivity index is 1.66.